The molecule has 0 spiro atoms. The lowest BCUT2D eigenvalue weighted by Crippen LogP contribution is -2.16. The molecule has 3 heteroatoms. The molecule has 0 radical (unpaired) electrons. The zero-order valence-electron chi connectivity index (χ0n) is 8.79. The van der Waals surface area contributed by atoms with Gasteiger partial charge < -0.3 is 10.6 Å². The van der Waals surface area contributed by atoms with E-state index in [0.717, 1.165) is 11.3 Å². The van der Waals surface area contributed by atoms with E-state index in [1.165, 1.54) is 6.92 Å². The molecule has 0 unspecified atom stereocenters. The maximum absolute atomic E-state index is 10.9. The first-order chi connectivity index (χ1) is 6.65. The molecule has 1 amide bonds. The fourth-order valence-electron chi connectivity index (χ4n) is 1.33. The third-order valence-corrected chi connectivity index (χ3v) is 2.17. The number of hydrogen-bond acceptors (Lipinski definition) is 2. The van der Waals surface area contributed by atoms with Crippen LogP contribution < -0.4 is 10.6 Å². The van der Waals surface area contributed by atoms with Crippen molar-refractivity contribution in [1.29, 1.82) is 0 Å². The Kier molecular flexibility index (Phi) is 3.65. The van der Waals surface area contributed by atoms with Crippen molar-refractivity contribution in [3.63, 3.8) is 0 Å². The van der Waals surface area contributed by atoms with Crippen molar-refractivity contribution in [3.05, 3.63) is 29.8 Å². The zero-order valence-corrected chi connectivity index (χ0v) is 8.79. The van der Waals surface area contributed by atoms with E-state index in [1.54, 1.807) is 0 Å². The Morgan fingerprint density at radius 3 is 2.57 bits per heavy atom. The highest BCUT2D eigenvalue weighted by Gasteiger charge is 2.08. The Morgan fingerprint density at radius 1 is 1.36 bits per heavy atom. The number of nitrogens with one attached hydrogen (secondary N) is 2. The number of rotatable bonds is 3. The van der Waals surface area contributed by atoms with Crippen molar-refractivity contribution in [2.75, 3.05) is 12.4 Å². The zero-order chi connectivity index (χ0) is 10.6. The molecule has 0 fully saturated rings. The lowest BCUT2D eigenvalue weighted by Gasteiger charge is -2.15. The van der Waals surface area contributed by atoms with Crippen molar-refractivity contribution >= 4 is 11.6 Å². The van der Waals surface area contributed by atoms with Crippen LogP contribution in [0.4, 0.5) is 5.69 Å². The van der Waals surface area contributed by atoms with Crippen LogP contribution >= 0.6 is 0 Å². The van der Waals surface area contributed by atoms with Crippen molar-refractivity contribution in [2.24, 2.45) is 0 Å². The van der Waals surface area contributed by atoms with E-state index >= 15 is 0 Å². The highest BCUT2D eigenvalue weighted by Crippen LogP contribution is 2.21. The van der Waals surface area contributed by atoms with Crippen LogP contribution in [-0.2, 0) is 4.79 Å². The number of amides is 1. The maximum Gasteiger partial charge on any atom is 0.221 e. The minimum atomic E-state index is -0.0410. The Bertz CT molecular complexity index is 323. The molecule has 1 aromatic rings. The normalized spacial score (nSPS) is 12.2. The molecule has 0 saturated carbocycles. The molecule has 0 heterocycles. The van der Waals surface area contributed by atoms with Crippen LogP contribution in [0, 0.1) is 0 Å². The van der Waals surface area contributed by atoms with Crippen LogP contribution in [0.15, 0.2) is 24.3 Å². The number of hydrogen-bond donors (Lipinski definition) is 2. The van der Waals surface area contributed by atoms with E-state index in [2.05, 4.69) is 17.6 Å². The summed E-state index contributed by atoms with van der Waals surface area (Å²) in [4.78, 5) is 10.9. The van der Waals surface area contributed by atoms with Gasteiger partial charge in [-0.1, -0.05) is 18.2 Å². The molecule has 0 aromatic heterocycles. The van der Waals surface area contributed by atoms with E-state index in [1.807, 2.05) is 31.3 Å². The second kappa shape index (κ2) is 4.77. The molecule has 0 aliphatic carbocycles. The first-order valence-corrected chi connectivity index (χ1v) is 4.69. The van der Waals surface area contributed by atoms with Gasteiger partial charge in [0, 0.05) is 18.7 Å². The third kappa shape index (κ3) is 2.57. The quantitative estimate of drug-likeness (QED) is 0.768. The molecule has 3 nitrogen and oxygen atoms in total. The van der Waals surface area contributed by atoms with Gasteiger partial charge in [-0.2, -0.15) is 0 Å². The number of para-hydroxylation sites is 1. The maximum atomic E-state index is 10.9. The topological polar surface area (TPSA) is 41.1 Å². The van der Waals surface area contributed by atoms with Gasteiger partial charge in [0.2, 0.25) is 5.91 Å². The summed E-state index contributed by atoms with van der Waals surface area (Å²) in [5, 5.41) is 5.95. The van der Waals surface area contributed by atoms with Crippen molar-refractivity contribution in [1.82, 2.24) is 5.32 Å². The van der Waals surface area contributed by atoms with Crippen LogP contribution in [0.2, 0.25) is 0 Å². The first kappa shape index (κ1) is 10.7. The lowest BCUT2D eigenvalue weighted by molar-refractivity contribution is -0.114. The van der Waals surface area contributed by atoms with Crippen molar-refractivity contribution in [3.8, 4) is 0 Å². The summed E-state index contributed by atoms with van der Waals surface area (Å²) in [5.74, 6) is -0.0410. The van der Waals surface area contributed by atoms with Gasteiger partial charge in [0.1, 0.15) is 0 Å². The monoisotopic (exact) mass is 192 g/mol. The van der Waals surface area contributed by atoms with Gasteiger partial charge >= 0.3 is 0 Å². The largest absolute Gasteiger partial charge is 0.326 e. The summed E-state index contributed by atoms with van der Waals surface area (Å²) < 4.78 is 0. The summed E-state index contributed by atoms with van der Waals surface area (Å²) in [6, 6.07) is 8.03. The molecule has 2 N–H and O–H groups in total. The van der Waals surface area contributed by atoms with Crippen molar-refractivity contribution < 1.29 is 4.79 Å². The summed E-state index contributed by atoms with van der Waals surface area (Å²) in [5.41, 5.74) is 1.98. The van der Waals surface area contributed by atoms with E-state index < -0.39 is 0 Å². The molecular formula is C11H16N2O. The molecule has 1 rings (SSSR count). The lowest BCUT2D eigenvalue weighted by atomic mass is 10.1. The van der Waals surface area contributed by atoms with E-state index in [0.29, 0.717) is 0 Å². The van der Waals surface area contributed by atoms with Gasteiger partial charge in [0.25, 0.3) is 0 Å². The van der Waals surface area contributed by atoms with Crippen LogP contribution in [0.3, 0.4) is 0 Å². The SMILES string of the molecule is CN[C@@H](C)c1ccccc1NC(C)=O. The summed E-state index contributed by atoms with van der Waals surface area (Å²) >= 11 is 0. The van der Waals surface area contributed by atoms with Gasteiger partial charge in [-0.3, -0.25) is 4.79 Å². The van der Waals surface area contributed by atoms with Gasteiger partial charge in [0.15, 0.2) is 0 Å². The molecule has 14 heavy (non-hydrogen) atoms. The van der Waals surface area contributed by atoms with Crippen LogP contribution in [0.1, 0.15) is 25.5 Å². The Labute approximate surface area is 84.5 Å². The van der Waals surface area contributed by atoms with E-state index in [9.17, 15) is 4.79 Å². The van der Waals surface area contributed by atoms with Crippen LogP contribution in [0.25, 0.3) is 0 Å². The molecule has 0 aliphatic heterocycles. The van der Waals surface area contributed by atoms with Gasteiger partial charge in [-0.25, -0.2) is 0 Å². The number of carbonyl (C=O) groups excluding carboxylic acids is 1. The van der Waals surface area contributed by atoms with Gasteiger partial charge in [-0.15, -0.1) is 0 Å². The fourth-order valence-corrected chi connectivity index (χ4v) is 1.33. The average molecular weight is 192 g/mol. The van der Waals surface area contributed by atoms with E-state index in [4.69, 9.17) is 0 Å². The van der Waals surface area contributed by atoms with Gasteiger partial charge in [0.05, 0.1) is 0 Å². The van der Waals surface area contributed by atoms with Crippen LogP contribution in [-0.4, -0.2) is 13.0 Å². The average Bonchev–Trinajstić information content (AvgIpc) is 2.16. The molecule has 0 bridgehead atoms. The predicted octanol–water partition coefficient (Wildman–Crippen LogP) is 1.93. The number of anilines is 1. The van der Waals surface area contributed by atoms with Crippen LogP contribution in [0.5, 0.6) is 0 Å². The predicted molar refractivity (Wildman–Crippen MR) is 58.2 cm³/mol. The van der Waals surface area contributed by atoms with Gasteiger partial charge in [-0.05, 0) is 25.6 Å². The highest BCUT2D eigenvalue weighted by molar-refractivity contribution is 5.89. The minimum absolute atomic E-state index is 0.0410. The Morgan fingerprint density at radius 2 is 2.00 bits per heavy atom. The number of benzene rings is 1. The highest BCUT2D eigenvalue weighted by atomic mass is 16.1. The fraction of sp³-hybridized carbons (Fsp3) is 0.364. The van der Waals surface area contributed by atoms with Crippen molar-refractivity contribution in [2.45, 2.75) is 19.9 Å². The third-order valence-electron chi connectivity index (χ3n) is 2.17. The minimum Gasteiger partial charge on any atom is -0.326 e. The number of carbonyl (C=O) groups is 1. The summed E-state index contributed by atoms with van der Waals surface area (Å²) in [6.45, 7) is 3.57. The Hall–Kier alpha value is -1.35. The van der Waals surface area contributed by atoms with E-state index in [-0.39, 0.29) is 11.9 Å². The second-order valence-electron chi connectivity index (χ2n) is 3.28. The molecule has 76 valence electrons. The summed E-state index contributed by atoms with van der Waals surface area (Å²) in [6.07, 6.45) is 0. The molecule has 0 saturated heterocycles. The molecular weight excluding hydrogens is 176 g/mol. The molecule has 1 aromatic carbocycles. The standard InChI is InChI=1S/C11H16N2O/c1-8(12-3)10-6-4-5-7-11(10)13-9(2)14/h4-8,12H,1-3H3,(H,13,14)/t8-/m0/s1. The smallest absolute Gasteiger partial charge is 0.221 e. The first-order valence-electron chi connectivity index (χ1n) is 4.69. The summed E-state index contributed by atoms with van der Waals surface area (Å²) in [7, 11) is 1.90. The molecule has 1 atom stereocenters. The molecule has 0 aliphatic rings. The second-order valence-corrected chi connectivity index (χ2v) is 3.28. The Balaban J connectivity index is 2.96.